The van der Waals surface area contributed by atoms with Gasteiger partial charge in [-0.1, -0.05) is 0 Å². The number of aryl methyl sites for hydroxylation is 1. The molecule has 1 aromatic rings. The lowest BCUT2D eigenvalue weighted by Crippen LogP contribution is -2.31. The van der Waals surface area contributed by atoms with Crippen LogP contribution in [0.5, 0.6) is 0 Å². The predicted molar refractivity (Wildman–Crippen MR) is 54.5 cm³/mol. The molecule has 0 spiro atoms. The molecule has 0 saturated heterocycles. The first-order chi connectivity index (χ1) is 7.15. The molecule has 1 saturated carbocycles. The fourth-order valence-corrected chi connectivity index (χ4v) is 1.48. The summed E-state index contributed by atoms with van der Waals surface area (Å²) >= 11 is 0. The van der Waals surface area contributed by atoms with Gasteiger partial charge < -0.3 is 14.8 Å². The van der Waals surface area contributed by atoms with Crippen molar-refractivity contribution in [3.05, 3.63) is 23.7 Å². The Labute approximate surface area is 88.3 Å². The van der Waals surface area contributed by atoms with Crippen LogP contribution >= 0.6 is 0 Å². The summed E-state index contributed by atoms with van der Waals surface area (Å²) in [6.07, 6.45) is 1.97. The Bertz CT molecular complexity index is 366. The minimum Gasteiger partial charge on any atom is -0.456 e. The van der Waals surface area contributed by atoms with Gasteiger partial charge in [-0.05, 0) is 31.9 Å². The smallest absolute Gasteiger partial charge is 0.287 e. The molecule has 0 aromatic carbocycles. The highest BCUT2D eigenvalue weighted by atomic mass is 16.3. The molecule has 0 aliphatic heterocycles. The highest BCUT2D eigenvalue weighted by molar-refractivity contribution is 5.91. The van der Waals surface area contributed by atoms with Crippen molar-refractivity contribution in [2.24, 2.45) is 5.41 Å². The number of aliphatic hydroxyl groups is 1. The molecular weight excluding hydrogens is 194 g/mol. The van der Waals surface area contributed by atoms with E-state index < -0.39 is 0 Å². The average Bonchev–Trinajstić information content (AvgIpc) is 2.90. The van der Waals surface area contributed by atoms with E-state index in [-0.39, 0.29) is 17.9 Å². The Morgan fingerprint density at radius 3 is 2.80 bits per heavy atom. The van der Waals surface area contributed by atoms with E-state index in [9.17, 15) is 4.79 Å². The molecule has 1 aliphatic carbocycles. The van der Waals surface area contributed by atoms with Crippen LogP contribution in [0.15, 0.2) is 16.5 Å². The fourth-order valence-electron chi connectivity index (χ4n) is 1.48. The molecule has 1 aromatic heterocycles. The molecule has 0 bridgehead atoms. The summed E-state index contributed by atoms with van der Waals surface area (Å²) in [6, 6.07) is 3.41. The molecule has 2 rings (SSSR count). The van der Waals surface area contributed by atoms with Crippen molar-refractivity contribution in [3.63, 3.8) is 0 Å². The maximum absolute atomic E-state index is 11.6. The maximum atomic E-state index is 11.6. The lowest BCUT2D eigenvalue weighted by Gasteiger charge is -2.11. The van der Waals surface area contributed by atoms with Gasteiger partial charge >= 0.3 is 0 Å². The quantitative estimate of drug-likeness (QED) is 0.780. The van der Waals surface area contributed by atoms with E-state index in [0.717, 1.165) is 18.6 Å². The molecule has 1 heterocycles. The summed E-state index contributed by atoms with van der Waals surface area (Å²) in [4.78, 5) is 11.6. The monoisotopic (exact) mass is 209 g/mol. The second kappa shape index (κ2) is 3.70. The molecular formula is C11H15NO3. The van der Waals surface area contributed by atoms with Crippen LogP contribution in [0.2, 0.25) is 0 Å². The van der Waals surface area contributed by atoms with Crippen LogP contribution < -0.4 is 5.32 Å². The lowest BCUT2D eigenvalue weighted by atomic mass is 10.1. The molecule has 4 heteroatoms. The molecule has 4 nitrogen and oxygen atoms in total. The highest BCUT2D eigenvalue weighted by Crippen LogP contribution is 2.44. The zero-order valence-electron chi connectivity index (χ0n) is 8.75. The van der Waals surface area contributed by atoms with E-state index in [1.165, 1.54) is 0 Å². The summed E-state index contributed by atoms with van der Waals surface area (Å²) in [5.74, 6) is 0.854. The first-order valence-corrected chi connectivity index (χ1v) is 5.11. The second-order valence-corrected chi connectivity index (χ2v) is 4.25. The van der Waals surface area contributed by atoms with Crippen LogP contribution in [0.1, 0.15) is 29.2 Å². The van der Waals surface area contributed by atoms with Gasteiger partial charge in [-0.3, -0.25) is 4.79 Å². The van der Waals surface area contributed by atoms with Crippen molar-refractivity contribution < 1.29 is 14.3 Å². The van der Waals surface area contributed by atoms with Gasteiger partial charge in [-0.25, -0.2) is 0 Å². The summed E-state index contributed by atoms with van der Waals surface area (Å²) in [7, 11) is 0. The van der Waals surface area contributed by atoms with E-state index >= 15 is 0 Å². The second-order valence-electron chi connectivity index (χ2n) is 4.25. The number of furan rings is 1. The highest BCUT2D eigenvalue weighted by Gasteiger charge is 2.42. The van der Waals surface area contributed by atoms with Gasteiger partial charge in [0.2, 0.25) is 0 Å². The Morgan fingerprint density at radius 1 is 1.60 bits per heavy atom. The molecule has 82 valence electrons. The molecule has 0 atom stereocenters. The molecule has 0 radical (unpaired) electrons. The van der Waals surface area contributed by atoms with Gasteiger partial charge in [0, 0.05) is 12.0 Å². The minimum absolute atomic E-state index is 0.0582. The predicted octanol–water partition coefficient (Wildman–Crippen LogP) is 1.09. The number of aliphatic hydroxyl groups excluding tert-OH is 1. The van der Waals surface area contributed by atoms with Gasteiger partial charge in [0.1, 0.15) is 5.76 Å². The largest absolute Gasteiger partial charge is 0.456 e. The molecule has 2 N–H and O–H groups in total. The Morgan fingerprint density at radius 2 is 2.33 bits per heavy atom. The van der Waals surface area contributed by atoms with E-state index in [1.807, 2.05) is 0 Å². The minimum atomic E-state index is -0.206. The number of amides is 1. The molecule has 15 heavy (non-hydrogen) atoms. The summed E-state index contributed by atoms with van der Waals surface area (Å²) < 4.78 is 5.19. The van der Waals surface area contributed by atoms with Crippen molar-refractivity contribution >= 4 is 5.91 Å². The number of nitrogens with one attached hydrogen (secondary N) is 1. The number of hydrogen-bond acceptors (Lipinski definition) is 3. The van der Waals surface area contributed by atoms with Gasteiger partial charge in [-0.2, -0.15) is 0 Å². The topological polar surface area (TPSA) is 62.5 Å². The Hall–Kier alpha value is -1.29. The molecule has 0 unspecified atom stereocenters. The van der Waals surface area contributed by atoms with Crippen LogP contribution in [0.25, 0.3) is 0 Å². The lowest BCUT2D eigenvalue weighted by molar-refractivity contribution is 0.0906. The van der Waals surface area contributed by atoms with Crippen molar-refractivity contribution in [2.75, 3.05) is 13.2 Å². The normalized spacial score (nSPS) is 17.5. The van der Waals surface area contributed by atoms with E-state index in [4.69, 9.17) is 9.52 Å². The molecule has 1 fully saturated rings. The summed E-state index contributed by atoms with van der Waals surface area (Å²) in [6.45, 7) is 2.47. The SMILES string of the molecule is Cc1ccc(C(=O)NCC2(CO)CC2)o1. The first-order valence-electron chi connectivity index (χ1n) is 5.11. The Balaban J connectivity index is 1.88. The maximum Gasteiger partial charge on any atom is 0.287 e. The van der Waals surface area contributed by atoms with Crippen LogP contribution in [0.3, 0.4) is 0 Å². The van der Waals surface area contributed by atoms with Gasteiger partial charge in [0.15, 0.2) is 5.76 Å². The third kappa shape index (κ3) is 2.21. The van der Waals surface area contributed by atoms with Crippen LogP contribution in [0.4, 0.5) is 0 Å². The van der Waals surface area contributed by atoms with Crippen LogP contribution in [-0.4, -0.2) is 24.2 Å². The first kappa shape index (κ1) is 10.2. The van der Waals surface area contributed by atoms with E-state index in [2.05, 4.69) is 5.32 Å². The van der Waals surface area contributed by atoms with Gasteiger partial charge in [0.25, 0.3) is 5.91 Å². The van der Waals surface area contributed by atoms with Crippen molar-refractivity contribution in [3.8, 4) is 0 Å². The van der Waals surface area contributed by atoms with E-state index in [0.29, 0.717) is 12.3 Å². The number of carbonyl (C=O) groups is 1. The third-order valence-electron chi connectivity index (χ3n) is 2.88. The van der Waals surface area contributed by atoms with E-state index in [1.54, 1.807) is 19.1 Å². The van der Waals surface area contributed by atoms with Gasteiger partial charge in [0.05, 0.1) is 6.61 Å². The average molecular weight is 209 g/mol. The van der Waals surface area contributed by atoms with Gasteiger partial charge in [-0.15, -0.1) is 0 Å². The summed E-state index contributed by atoms with van der Waals surface area (Å²) in [5.41, 5.74) is -0.0582. The van der Waals surface area contributed by atoms with Crippen molar-refractivity contribution in [1.29, 1.82) is 0 Å². The van der Waals surface area contributed by atoms with Crippen molar-refractivity contribution in [1.82, 2.24) is 5.32 Å². The third-order valence-corrected chi connectivity index (χ3v) is 2.88. The zero-order valence-corrected chi connectivity index (χ0v) is 8.75. The Kier molecular flexibility index (Phi) is 2.52. The summed E-state index contributed by atoms with van der Waals surface area (Å²) in [5, 5.41) is 11.8. The zero-order chi connectivity index (χ0) is 10.9. The van der Waals surface area contributed by atoms with Crippen LogP contribution in [0, 0.1) is 12.3 Å². The fraction of sp³-hybridized carbons (Fsp3) is 0.545. The standard InChI is InChI=1S/C11H15NO3/c1-8-2-3-9(15-8)10(14)12-6-11(7-13)4-5-11/h2-3,13H,4-7H2,1H3,(H,12,14). The van der Waals surface area contributed by atoms with Crippen LogP contribution in [-0.2, 0) is 0 Å². The molecule has 1 aliphatic rings. The number of hydrogen-bond donors (Lipinski definition) is 2. The molecule has 1 amide bonds. The number of rotatable bonds is 4. The number of carbonyl (C=O) groups excluding carboxylic acids is 1. The van der Waals surface area contributed by atoms with Crippen molar-refractivity contribution in [2.45, 2.75) is 19.8 Å².